The molecule has 1 atom stereocenters. The molecule has 3 aromatic heterocycles. The lowest BCUT2D eigenvalue weighted by molar-refractivity contribution is 0.443. The van der Waals surface area contributed by atoms with E-state index in [0.29, 0.717) is 11.8 Å². The first kappa shape index (κ1) is 23.1. The zero-order valence-corrected chi connectivity index (χ0v) is 22.2. The van der Waals surface area contributed by atoms with E-state index in [1.807, 2.05) is 4.68 Å². The fourth-order valence-corrected chi connectivity index (χ4v) is 5.96. The summed E-state index contributed by atoms with van der Waals surface area (Å²) >= 11 is 0. The van der Waals surface area contributed by atoms with Crippen molar-refractivity contribution in [2.75, 3.05) is 29.4 Å². The van der Waals surface area contributed by atoms with Crippen LogP contribution in [0.4, 0.5) is 11.6 Å². The third-order valence-electron chi connectivity index (χ3n) is 7.93. The number of aromatic nitrogens is 5. The molecule has 4 aromatic rings. The van der Waals surface area contributed by atoms with Gasteiger partial charge in [0.1, 0.15) is 11.6 Å². The SMILES string of the molecule is Cc1c[nH]c2cccc(-c3nc4c(c(N5CCC[C@H](C)C5)n3)CN(c3cc(C(C)C)nn3C)CC4)c12. The molecule has 2 aliphatic rings. The fraction of sp³-hybridized carbons (Fsp3) is 0.483. The van der Waals surface area contributed by atoms with E-state index in [4.69, 9.17) is 15.1 Å². The van der Waals surface area contributed by atoms with Gasteiger partial charge in [0.15, 0.2) is 5.82 Å². The molecule has 36 heavy (non-hydrogen) atoms. The molecule has 0 saturated carbocycles. The third-order valence-corrected chi connectivity index (χ3v) is 7.93. The number of fused-ring (bicyclic) bond motifs is 2. The highest BCUT2D eigenvalue weighted by molar-refractivity contribution is 5.96. The van der Waals surface area contributed by atoms with Gasteiger partial charge < -0.3 is 14.8 Å². The van der Waals surface area contributed by atoms with Crippen LogP contribution in [-0.4, -0.2) is 44.4 Å². The Balaban J connectivity index is 1.46. The number of anilines is 2. The largest absolute Gasteiger partial charge is 0.361 e. The maximum absolute atomic E-state index is 5.32. The molecule has 0 radical (unpaired) electrons. The number of H-pyrrole nitrogens is 1. The Bertz CT molecular complexity index is 1410. The highest BCUT2D eigenvalue weighted by Crippen LogP contribution is 2.36. The van der Waals surface area contributed by atoms with Crippen molar-refractivity contribution in [1.29, 1.82) is 0 Å². The number of hydrogen-bond donors (Lipinski definition) is 1. The van der Waals surface area contributed by atoms with Crippen LogP contribution in [0.1, 0.15) is 62.0 Å². The number of aromatic amines is 1. The number of benzene rings is 1. The highest BCUT2D eigenvalue weighted by atomic mass is 15.4. The number of nitrogens with one attached hydrogen (secondary N) is 1. The van der Waals surface area contributed by atoms with Gasteiger partial charge in [0.05, 0.1) is 11.4 Å². The first-order valence-electron chi connectivity index (χ1n) is 13.4. The summed E-state index contributed by atoms with van der Waals surface area (Å²) in [6.07, 6.45) is 5.49. The molecule has 0 bridgehead atoms. The Kier molecular flexibility index (Phi) is 5.73. The summed E-state index contributed by atoms with van der Waals surface area (Å²) in [5, 5.41) is 6.01. The number of hydrogen-bond acceptors (Lipinski definition) is 5. The summed E-state index contributed by atoms with van der Waals surface area (Å²) in [7, 11) is 2.06. The average Bonchev–Trinajstić information content (AvgIpc) is 3.46. The zero-order chi connectivity index (χ0) is 25.0. The Morgan fingerprint density at radius 1 is 1.11 bits per heavy atom. The summed E-state index contributed by atoms with van der Waals surface area (Å²) in [6.45, 7) is 12.8. The molecule has 0 unspecified atom stereocenters. The van der Waals surface area contributed by atoms with Gasteiger partial charge in [0.2, 0.25) is 0 Å². The Hall–Kier alpha value is -3.35. The second kappa shape index (κ2) is 8.95. The van der Waals surface area contributed by atoms with Crippen molar-refractivity contribution >= 4 is 22.5 Å². The van der Waals surface area contributed by atoms with Gasteiger partial charge in [-0.3, -0.25) is 4.68 Å². The summed E-state index contributed by atoms with van der Waals surface area (Å²) in [5.74, 6) is 4.25. The molecule has 7 nitrogen and oxygen atoms in total. The van der Waals surface area contributed by atoms with Gasteiger partial charge in [-0.2, -0.15) is 5.10 Å². The highest BCUT2D eigenvalue weighted by Gasteiger charge is 2.29. The second-order valence-electron chi connectivity index (χ2n) is 11.1. The molecular formula is C29H37N7. The van der Waals surface area contributed by atoms with Crippen LogP contribution in [0.15, 0.2) is 30.5 Å². The monoisotopic (exact) mass is 483 g/mol. The minimum atomic E-state index is 0.415. The van der Waals surface area contributed by atoms with Crippen molar-refractivity contribution in [2.45, 2.75) is 59.4 Å². The van der Waals surface area contributed by atoms with Gasteiger partial charge in [-0.25, -0.2) is 9.97 Å². The smallest absolute Gasteiger partial charge is 0.162 e. The lowest BCUT2D eigenvalue weighted by Crippen LogP contribution is -2.39. The molecule has 0 aliphatic carbocycles. The van der Waals surface area contributed by atoms with Crippen molar-refractivity contribution in [2.24, 2.45) is 13.0 Å². The van der Waals surface area contributed by atoms with Gasteiger partial charge in [-0.1, -0.05) is 32.9 Å². The predicted molar refractivity (Wildman–Crippen MR) is 147 cm³/mol. The van der Waals surface area contributed by atoms with Crippen LogP contribution in [0, 0.1) is 12.8 Å². The van der Waals surface area contributed by atoms with Gasteiger partial charge in [0.25, 0.3) is 0 Å². The molecule has 1 saturated heterocycles. The maximum atomic E-state index is 5.32. The van der Waals surface area contributed by atoms with Crippen LogP contribution < -0.4 is 9.80 Å². The molecule has 0 spiro atoms. The van der Waals surface area contributed by atoms with E-state index in [9.17, 15) is 0 Å². The predicted octanol–water partition coefficient (Wildman–Crippen LogP) is 5.59. The molecule has 5 heterocycles. The van der Waals surface area contributed by atoms with Crippen LogP contribution in [0.25, 0.3) is 22.3 Å². The maximum Gasteiger partial charge on any atom is 0.162 e. The Morgan fingerprint density at radius 3 is 2.75 bits per heavy atom. The molecule has 1 N–H and O–H groups in total. The third kappa shape index (κ3) is 3.94. The molecule has 0 amide bonds. The standard InChI is InChI=1S/C29H37N7/c1-18(2)25-14-26(34(5)33-25)35-13-11-23-22(17-35)29(36-12-7-8-19(3)16-36)32-28(31-23)21-9-6-10-24-27(21)20(4)15-30-24/h6,9-10,14-15,18-19,30H,7-8,11-13,16-17H2,1-5H3/t19-/m0/s1. The molecule has 1 fully saturated rings. The first-order valence-corrected chi connectivity index (χ1v) is 13.4. The van der Waals surface area contributed by atoms with E-state index in [2.05, 4.69) is 80.0 Å². The van der Waals surface area contributed by atoms with E-state index in [-0.39, 0.29) is 0 Å². The summed E-state index contributed by atoms with van der Waals surface area (Å²) in [4.78, 5) is 18.9. The normalized spacial score (nSPS) is 18.3. The first-order chi connectivity index (χ1) is 17.4. The van der Waals surface area contributed by atoms with E-state index in [0.717, 1.165) is 61.0 Å². The number of aryl methyl sites for hydroxylation is 2. The minimum absolute atomic E-state index is 0.415. The summed E-state index contributed by atoms with van der Waals surface area (Å²) in [5.41, 5.74) is 7.12. The van der Waals surface area contributed by atoms with Gasteiger partial charge >= 0.3 is 0 Å². The lowest BCUT2D eigenvalue weighted by atomic mass is 9.98. The average molecular weight is 484 g/mol. The number of piperidine rings is 1. The summed E-state index contributed by atoms with van der Waals surface area (Å²) < 4.78 is 2.04. The van der Waals surface area contributed by atoms with Gasteiger partial charge in [0, 0.05) is 73.9 Å². The molecule has 1 aromatic carbocycles. The number of rotatable bonds is 4. The summed E-state index contributed by atoms with van der Waals surface area (Å²) in [6, 6.07) is 8.67. The van der Waals surface area contributed by atoms with Crippen LogP contribution in [0.3, 0.4) is 0 Å². The lowest BCUT2D eigenvalue weighted by Gasteiger charge is -2.37. The van der Waals surface area contributed by atoms with Crippen molar-refractivity contribution in [1.82, 2.24) is 24.7 Å². The van der Waals surface area contributed by atoms with Crippen molar-refractivity contribution in [3.8, 4) is 11.4 Å². The van der Waals surface area contributed by atoms with Crippen molar-refractivity contribution < 1.29 is 0 Å². The topological polar surface area (TPSA) is 65.9 Å². The molecule has 2 aliphatic heterocycles. The fourth-order valence-electron chi connectivity index (χ4n) is 5.96. The Labute approximate surface area is 213 Å². The van der Waals surface area contributed by atoms with Crippen LogP contribution in [0.5, 0.6) is 0 Å². The quantitative estimate of drug-likeness (QED) is 0.410. The van der Waals surface area contributed by atoms with E-state index < -0.39 is 0 Å². The van der Waals surface area contributed by atoms with Gasteiger partial charge in [-0.15, -0.1) is 0 Å². The molecule has 6 rings (SSSR count). The number of nitrogens with zero attached hydrogens (tertiary/aromatic N) is 6. The van der Waals surface area contributed by atoms with E-state index in [1.165, 1.54) is 40.9 Å². The van der Waals surface area contributed by atoms with Crippen LogP contribution in [-0.2, 0) is 20.0 Å². The zero-order valence-electron chi connectivity index (χ0n) is 22.2. The van der Waals surface area contributed by atoms with E-state index in [1.54, 1.807) is 0 Å². The minimum Gasteiger partial charge on any atom is -0.361 e. The second-order valence-corrected chi connectivity index (χ2v) is 11.1. The van der Waals surface area contributed by atoms with Gasteiger partial charge in [-0.05, 0) is 43.2 Å². The Morgan fingerprint density at radius 2 is 1.97 bits per heavy atom. The van der Waals surface area contributed by atoms with Crippen LogP contribution in [0.2, 0.25) is 0 Å². The van der Waals surface area contributed by atoms with E-state index >= 15 is 0 Å². The molecule has 7 heteroatoms. The van der Waals surface area contributed by atoms with Crippen LogP contribution >= 0.6 is 0 Å². The van der Waals surface area contributed by atoms with Crippen molar-refractivity contribution in [3.05, 3.63) is 53.0 Å². The van der Waals surface area contributed by atoms with Crippen molar-refractivity contribution in [3.63, 3.8) is 0 Å². The molecular weight excluding hydrogens is 446 g/mol. The molecule has 188 valence electrons.